The molecule has 2 aromatic rings. The molecule has 1 aromatic heterocycles. The van der Waals surface area contributed by atoms with Gasteiger partial charge in [0.1, 0.15) is 5.01 Å². The van der Waals surface area contributed by atoms with E-state index in [0.717, 1.165) is 27.5 Å². The fraction of sp³-hybridized carbons (Fsp3) is 0.267. The molecule has 0 spiro atoms. The normalized spacial score (nSPS) is 12.9. The lowest BCUT2D eigenvalue weighted by Crippen LogP contribution is -2.21. The van der Waals surface area contributed by atoms with E-state index in [0.29, 0.717) is 19.4 Å². The second kappa shape index (κ2) is 5.65. The molecule has 0 fully saturated rings. The number of thiazole rings is 1. The number of carbonyl (C=O) groups excluding carboxylic acids is 2. The van der Waals surface area contributed by atoms with Gasteiger partial charge in [-0.25, -0.2) is 4.98 Å². The third-order valence-corrected chi connectivity index (χ3v) is 4.18. The molecule has 5 nitrogen and oxygen atoms in total. The largest absolute Gasteiger partial charge is 0.350 e. The molecule has 1 aliphatic rings. The minimum atomic E-state index is 0.0221. The van der Waals surface area contributed by atoms with Gasteiger partial charge >= 0.3 is 0 Å². The number of hydrogen-bond donors (Lipinski definition) is 2. The van der Waals surface area contributed by atoms with E-state index in [1.54, 1.807) is 0 Å². The molecule has 3 rings (SSSR count). The lowest BCUT2D eigenvalue weighted by molar-refractivity contribution is -0.121. The summed E-state index contributed by atoms with van der Waals surface area (Å²) in [5, 5.41) is 8.48. The predicted octanol–water partition coefficient (Wildman–Crippen LogP) is 2.33. The minimum Gasteiger partial charge on any atom is -0.350 e. The van der Waals surface area contributed by atoms with Gasteiger partial charge < -0.3 is 10.6 Å². The van der Waals surface area contributed by atoms with Crippen LogP contribution < -0.4 is 10.6 Å². The average Bonchev–Trinajstić information content (AvgIpc) is 3.08. The highest BCUT2D eigenvalue weighted by Gasteiger charge is 2.18. The Morgan fingerprint density at radius 2 is 2.33 bits per heavy atom. The molecule has 6 heteroatoms. The highest BCUT2D eigenvalue weighted by atomic mass is 32.1. The number of fused-ring (bicyclic) bond motifs is 1. The van der Waals surface area contributed by atoms with Crippen molar-refractivity contribution in [3.05, 3.63) is 34.2 Å². The molecule has 0 saturated heterocycles. The summed E-state index contributed by atoms with van der Waals surface area (Å²) in [5.41, 5.74) is 3.76. The van der Waals surface area contributed by atoms with Crippen molar-refractivity contribution in [2.75, 3.05) is 5.32 Å². The smallest absolute Gasteiger partial charge is 0.228 e. The van der Waals surface area contributed by atoms with Crippen LogP contribution in [0.25, 0.3) is 11.3 Å². The van der Waals surface area contributed by atoms with Crippen molar-refractivity contribution in [1.82, 2.24) is 10.3 Å². The Hall–Kier alpha value is -2.21. The molecule has 108 valence electrons. The first-order valence-corrected chi connectivity index (χ1v) is 7.68. The van der Waals surface area contributed by atoms with Crippen LogP contribution in [-0.4, -0.2) is 16.8 Å². The van der Waals surface area contributed by atoms with Crippen LogP contribution in [0.3, 0.4) is 0 Å². The lowest BCUT2D eigenvalue weighted by Gasteiger charge is -2.02. The molecule has 21 heavy (non-hydrogen) atoms. The Balaban J connectivity index is 1.76. The summed E-state index contributed by atoms with van der Waals surface area (Å²) in [4.78, 5) is 27.1. The molecule has 2 N–H and O–H groups in total. The van der Waals surface area contributed by atoms with Gasteiger partial charge in [0.2, 0.25) is 11.8 Å². The number of anilines is 1. The molecular formula is C15H15N3O2S. The number of nitrogens with one attached hydrogen (secondary N) is 2. The van der Waals surface area contributed by atoms with Crippen molar-refractivity contribution in [3.63, 3.8) is 0 Å². The van der Waals surface area contributed by atoms with Crippen LogP contribution in [0.2, 0.25) is 0 Å². The van der Waals surface area contributed by atoms with Gasteiger partial charge in [-0.3, -0.25) is 9.59 Å². The number of hydrogen-bond acceptors (Lipinski definition) is 4. The van der Waals surface area contributed by atoms with E-state index in [1.165, 1.54) is 11.3 Å². The Bertz CT molecular complexity index is 709. The van der Waals surface area contributed by atoms with Gasteiger partial charge in [-0.2, -0.15) is 0 Å². The molecule has 0 saturated carbocycles. The van der Waals surface area contributed by atoms with Crippen molar-refractivity contribution in [2.24, 2.45) is 0 Å². The molecule has 0 unspecified atom stereocenters. The summed E-state index contributed by atoms with van der Waals surface area (Å²) < 4.78 is 0. The van der Waals surface area contributed by atoms with Gasteiger partial charge in [-0.1, -0.05) is 13.0 Å². The maximum Gasteiger partial charge on any atom is 0.228 e. The molecule has 2 heterocycles. The number of benzene rings is 1. The molecular weight excluding hydrogens is 286 g/mol. The van der Waals surface area contributed by atoms with Gasteiger partial charge in [0.05, 0.1) is 18.7 Å². The highest BCUT2D eigenvalue weighted by Crippen LogP contribution is 2.29. The minimum absolute atomic E-state index is 0.0221. The number of carbonyl (C=O) groups is 2. The van der Waals surface area contributed by atoms with E-state index in [2.05, 4.69) is 15.6 Å². The van der Waals surface area contributed by atoms with E-state index < -0.39 is 0 Å². The molecule has 0 bridgehead atoms. The van der Waals surface area contributed by atoms with Gasteiger partial charge in [0.25, 0.3) is 0 Å². The zero-order chi connectivity index (χ0) is 14.8. The van der Waals surface area contributed by atoms with Gasteiger partial charge in [-0.15, -0.1) is 11.3 Å². The standard InChI is InChI=1S/C15H15N3O2S/c1-2-13(19)16-7-15-18-12(8-21-15)9-3-4-11-10(5-9)6-14(20)17-11/h3-5,8H,2,6-7H2,1H3,(H,16,19)(H,17,20). The fourth-order valence-corrected chi connectivity index (χ4v) is 2.96. The Morgan fingerprint density at radius 3 is 3.14 bits per heavy atom. The van der Waals surface area contributed by atoms with E-state index >= 15 is 0 Å². The van der Waals surface area contributed by atoms with E-state index in [4.69, 9.17) is 0 Å². The van der Waals surface area contributed by atoms with Crippen LogP contribution in [0.15, 0.2) is 23.6 Å². The summed E-state index contributed by atoms with van der Waals surface area (Å²) in [6.45, 7) is 2.28. The van der Waals surface area contributed by atoms with Crippen LogP contribution in [-0.2, 0) is 22.6 Å². The maximum absolute atomic E-state index is 11.4. The zero-order valence-electron chi connectivity index (χ0n) is 11.6. The summed E-state index contributed by atoms with van der Waals surface area (Å²) in [6, 6.07) is 5.86. The molecule has 0 radical (unpaired) electrons. The van der Waals surface area contributed by atoms with Gasteiger partial charge in [0, 0.05) is 23.1 Å². The summed E-state index contributed by atoms with van der Waals surface area (Å²) in [5.74, 6) is 0.0530. The Labute approximate surface area is 126 Å². The second-order valence-corrected chi connectivity index (χ2v) is 5.80. The quantitative estimate of drug-likeness (QED) is 0.910. The second-order valence-electron chi connectivity index (χ2n) is 4.85. The van der Waals surface area contributed by atoms with Crippen molar-refractivity contribution in [1.29, 1.82) is 0 Å². The number of aromatic nitrogens is 1. The summed E-state index contributed by atoms with van der Waals surface area (Å²) >= 11 is 1.52. The van der Waals surface area contributed by atoms with E-state index in [9.17, 15) is 9.59 Å². The highest BCUT2D eigenvalue weighted by molar-refractivity contribution is 7.09. The van der Waals surface area contributed by atoms with Crippen LogP contribution in [0.1, 0.15) is 23.9 Å². The van der Waals surface area contributed by atoms with E-state index in [-0.39, 0.29) is 11.8 Å². The van der Waals surface area contributed by atoms with Crippen molar-refractivity contribution in [2.45, 2.75) is 26.3 Å². The molecule has 1 aromatic carbocycles. The molecule has 1 aliphatic heterocycles. The third kappa shape index (κ3) is 2.95. The predicted molar refractivity (Wildman–Crippen MR) is 82.0 cm³/mol. The third-order valence-electron chi connectivity index (χ3n) is 3.34. The van der Waals surface area contributed by atoms with Crippen LogP contribution in [0.5, 0.6) is 0 Å². The first-order chi connectivity index (χ1) is 10.2. The topological polar surface area (TPSA) is 71.1 Å². The van der Waals surface area contributed by atoms with Crippen LogP contribution in [0, 0.1) is 0 Å². The summed E-state index contributed by atoms with van der Waals surface area (Å²) in [6.07, 6.45) is 0.900. The zero-order valence-corrected chi connectivity index (χ0v) is 12.4. The molecule has 0 aliphatic carbocycles. The molecule has 0 atom stereocenters. The van der Waals surface area contributed by atoms with Crippen molar-refractivity contribution in [3.8, 4) is 11.3 Å². The average molecular weight is 301 g/mol. The molecule has 2 amide bonds. The Kier molecular flexibility index (Phi) is 3.70. The fourth-order valence-electron chi connectivity index (χ4n) is 2.21. The van der Waals surface area contributed by atoms with Crippen LogP contribution >= 0.6 is 11.3 Å². The summed E-state index contributed by atoms with van der Waals surface area (Å²) in [7, 11) is 0. The number of rotatable bonds is 4. The monoisotopic (exact) mass is 301 g/mol. The maximum atomic E-state index is 11.4. The lowest BCUT2D eigenvalue weighted by atomic mass is 10.1. The van der Waals surface area contributed by atoms with Gasteiger partial charge in [-0.05, 0) is 17.7 Å². The first kappa shape index (κ1) is 13.8. The number of amides is 2. The Morgan fingerprint density at radius 1 is 1.48 bits per heavy atom. The number of nitrogens with zero attached hydrogens (tertiary/aromatic N) is 1. The van der Waals surface area contributed by atoms with Crippen molar-refractivity contribution >= 4 is 28.8 Å². The van der Waals surface area contributed by atoms with E-state index in [1.807, 2.05) is 30.5 Å². The first-order valence-electron chi connectivity index (χ1n) is 6.80. The van der Waals surface area contributed by atoms with Crippen molar-refractivity contribution < 1.29 is 9.59 Å². The van der Waals surface area contributed by atoms with Crippen LogP contribution in [0.4, 0.5) is 5.69 Å². The SMILES string of the molecule is CCC(=O)NCc1nc(-c2ccc3c(c2)CC(=O)N3)cs1. The van der Waals surface area contributed by atoms with Gasteiger partial charge in [0.15, 0.2) is 0 Å².